The molecule has 1 aliphatic carbocycles. The smallest absolute Gasteiger partial charge is 0.110 e. The van der Waals surface area contributed by atoms with Gasteiger partial charge in [-0.2, -0.15) is 0 Å². The van der Waals surface area contributed by atoms with Gasteiger partial charge in [-0.25, -0.2) is 0 Å². The maximum atomic E-state index is 6.55. The van der Waals surface area contributed by atoms with Gasteiger partial charge in [0, 0.05) is 0 Å². The molecule has 1 aliphatic rings. The van der Waals surface area contributed by atoms with E-state index in [0.29, 0.717) is 6.10 Å². The highest BCUT2D eigenvalue weighted by Crippen LogP contribution is 2.33. The molecular weight excluding hydrogens is 344 g/mol. The SMILES string of the molecule is C=CCC1CCCC(OCC(C)(C)[SiH](c2ccccc2)c2ccccc2)C1. The van der Waals surface area contributed by atoms with Crippen LogP contribution in [0.5, 0.6) is 0 Å². The fraction of sp³-hybridized carbons (Fsp3) is 0.440. The van der Waals surface area contributed by atoms with Gasteiger partial charge < -0.3 is 4.74 Å². The highest BCUT2D eigenvalue weighted by molar-refractivity contribution is 6.87. The topological polar surface area (TPSA) is 9.23 Å². The van der Waals surface area contributed by atoms with Crippen LogP contribution in [0.2, 0.25) is 5.04 Å². The van der Waals surface area contributed by atoms with E-state index in [1.54, 1.807) is 0 Å². The van der Waals surface area contributed by atoms with Crippen molar-refractivity contribution in [3.63, 3.8) is 0 Å². The maximum absolute atomic E-state index is 6.55. The zero-order chi connectivity index (χ0) is 19.1. The second-order valence-corrected chi connectivity index (χ2v) is 12.5. The molecule has 1 saturated carbocycles. The number of allylic oxidation sites excluding steroid dienone is 1. The van der Waals surface area contributed by atoms with Crippen LogP contribution in [-0.4, -0.2) is 21.5 Å². The second-order valence-electron chi connectivity index (χ2n) is 8.73. The quantitative estimate of drug-likeness (QED) is 0.466. The average molecular weight is 379 g/mol. The van der Waals surface area contributed by atoms with Crippen molar-refractivity contribution in [3.05, 3.63) is 73.3 Å². The van der Waals surface area contributed by atoms with Gasteiger partial charge in [0.15, 0.2) is 0 Å². The highest BCUT2D eigenvalue weighted by atomic mass is 28.3. The summed E-state index contributed by atoms with van der Waals surface area (Å²) in [6.45, 7) is 9.59. The van der Waals surface area contributed by atoms with Gasteiger partial charge >= 0.3 is 0 Å². The van der Waals surface area contributed by atoms with Crippen molar-refractivity contribution >= 4 is 19.2 Å². The van der Waals surface area contributed by atoms with Crippen LogP contribution >= 0.6 is 0 Å². The Morgan fingerprint density at radius 1 is 1.00 bits per heavy atom. The minimum atomic E-state index is -1.40. The molecule has 0 radical (unpaired) electrons. The molecular formula is C25H34OSi. The van der Waals surface area contributed by atoms with Crippen molar-refractivity contribution in [1.29, 1.82) is 0 Å². The highest BCUT2D eigenvalue weighted by Gasteiger charge is 2.35. The zero-order valence-corrected chi connectivity index (χ0v) is 18.1. The summed E-state index contributed by atoms with van der Waals surface area (Å²) in [7, 11) is -1.40. The van der Waals surface area contributed by atoms with Crippen LogP contribution in [0.1, 0.15) is 46.0 Å². The molecule has 0 bridgehead atoms. The first kappa shape index (κ1) is 20.1. The molecule has 0 N–H and O–H groups in total. The molecule has 0 aromatic heterocycles. The Balaban J connectivity index is 1.74. The van der Waals surface area contributed by atoms with E-state index in [4.69, 9.17) is 4.74 Å². The minimum Gasteiger partial charge on any atom is -0.378 e. The van der Waals surface area contributed by atoms with E-state index in [9.17, 15) is 0 Å². The molecule has 2 atom stereocenters. The van der Waals surface area contributed by atoms with Gasteiger partial charge in [0.1, 0.15) is 8.80 Å². The summed E-state index contributed by atoms with van der Waals surface area (Å²) < 4.78 is 6.55. The van der Waals surface area contributed by atoms with Crippen molar-refractivity contribution in [1.82, 2.24) is 0 Å². The van der Waals surface area contributed by atoms with E-state index < -0.39 is 8.80 Å². The van der Waals surface area contributed by atoms with Crippen LogP contribution in [0.25, 0.3) is 0 Å². The molecule has 1 nitrogen and oxygen atoms in total. The lowest BCUT2D eigenvalue weighted by Crippen LogP contribution is -2.51. The lowest BCUT2D eigenvalue weighted by atomic mass is 9.85. The van der Waals surface area contributed by atoms with Gasteiger partial charge in [0.05, 0.1) is 12.7 Å². The summed E-state index contributed by atoms with van der Waals surface area (Å²) in [5.41, 5.74) is 0. The first-order valence-electron chi connectivity index (χ1n) is 10.4. The first-order valence-corrected chi connectivity index (χ1v) is 12.2. The molecule has 144 valence electrons. The van der Waals surface area contributed by atoms with Crippen molar-refractivity contribution < 1.29 is 4.74 Å². The molecule has 2 unspecified atom stereocenters. The average Bonchev–Trinajstić information content (AvgIpc) is 2.69. The summed E-state index contributed by atoms with van der Waals surface area (Å²) in [4.78, 5) is 0. The number of hydrogen-bond donors (Lipinski definition) is 0. The van der Waals surface area contributed by atoms with Crippen molar-refractivity contribution in [2.75, 3.05) is 6.61 Å². The van der Waals surface area contributed by atoms with Crippen LogP contribution < -0.4 is 10.4 Å². The molecule has 2 heteroatoms. The summed E-state index contributed by atoms with van der Waals surface area (Å²) in [5, 5.41) is 3.17. The third kappa shape index (κ3) is 5.43. The fourth-order valence-electron chi connectivity index (χ4n) is 4.64. The number of hydrogen-bond acceptors (Lipinski definition) is 1. The second kappa shape index (κ2) is 9.52. The largest absolute Gasteiger partial charge is 0.378 e. The Morgan fingerprint density at radius 3 is 2.15 bits per heavy atom. The molecule has 1 fully saturated rings. The number of ether oxygens (including phenoxy) is 1. The molecule has 0 saturated heterocycles. The monoisotopic (exact) mass is 378 g/mol. The molecule has 2 aromatic rings. The molecule has 0 aliphatic heterocycles. The zero-order valence-electron chi connectivity index (χ0n) is 16.9. The Hall–Kier alpha value is -1.64. The van der Waals surface area contributed by atoms with Crippen molar-refractivity contribution in [3.8, 4) is 0 Å². The fourth-order valence-corrected chi connectivity index (χ4v) is 8.31. The van der Waals surface area contributed by atoms with E-state index >= 15 is 0 Å². The summed E-state index contributed by atoms with van der Waals surface area (Å²) in [5.74, 6) is 0.764. The minimum absolute atomic E-state index is 0.161. The van der Waals surface area contributed by atoms with Gasteiger partial charge in [-0.15, -0.1) is 6.58 Å². The molecule has 3 rings (SSSR count). The van der Waals surface area contributed by atoms with E-state index in [0.717, 1.165) is 18.9 Å². The van der Waals surface area contributed by atoms with Crippen molar-refractivity contribution in [2.24, 2.45) is 5.92 Å². The predicted molar refractivity (Wildman–Crippen MR) is 120 cm³/mol. The Bertz CT molecular complexity index is 655. The van der Waals surface area contributed by atoms with E-state index in [1.165, 1.54) is 36.1 Å². The van der Waals surface area contributed by atoms with E-state index in [-0.39, 0.29) is 5.04 Å². The first-order chi connectivity index (χ1) is 13.1. The van der Waals surface area contributed by atoms with Crippen LogP contribution in [0.3, 0.4) is 0 Å². The molecule has 0 spiro atoms. The lowest BCUT2D eigenvalue weighted by Gasteiger charge is -2.37. The van der Waals surface area contributed by atoms with Crippen LogP contribution in [0, 0.1) is 5.92 Å². The van der Waals surface area contributed by atoms with Gasteiger partial charge in [-0.05, 0) is 36.6 Å². The van der Waals surface area contributed by atoms with Crippen molar-refractivity contribution in [2.45, 2.75) is 57.1 Å². The standard InChI is InChI=1S/C25H34OSi/c1-4-12-21-13-11-14-22(19-21)26-20-25(2,3)27(23-15-7-5-8-16-23)24-17-9-6-10-18-24/h4-10,15-18,21-22,27H,1,11-14,19-20H2,2-3H3. The number of rotatable bonds is 8. The van der Waals surface area contributed by atoms with Crippen LogP contribution in [-0.2, 0) is 4.74 Å². The van der Waals surface area contributed by atoms with Crippen LogP contribution in [0.4, 0.5) is 0 Å². The summed E-state index contributed by atoms with van der Waals surface area (Å²) in [6, 6.07) is 22.2. The van der Waals surface area contributed by atoms with Gasteiger partial charge in [-0.1, -0.05) is 97.4 Å². The number of benzene rings is 2. The lowest BCUT2D eigenvalue weighted by molar-refractivity contribution is 0.00279. The third-order valence-electron chi connectivity index (χ3n) is 5.97. The maximum Gasteiger partial charge on any atom is 0.110 e. The molecule has 27 heavy (non-hydrogen) atoms. The normalized spacial score (nSPS) is 20.6. The predicted octanol–water partition coefficient (Wildman–Crippen LogP) is 4.96. The molecule has 0 amide bonds. The molecule has 2 aromatic carbocycles. The van der Waals surface area contributed by atoms with E-state index in [2.05, 4.69) is 87.2 Å². The Morgan fingerprint density at radius 2 is 1.59 bits per heavy atom. The van der Waals surface area contributed by atoms with E-state index in [1.807, 2.05) is 0 Å². The van der Waals surface area contributed by atoms with Gasteiger partial charge in [-0.3, -0.25) is 0 Å². The Kier molecular flexibility index (Phi) is 7.09. The third-order valence-corrected chi connectivity index (χ3v) is 9.81. The molecule has 0 heterocycles. The van der Waals surface area contributed by atoms with Gasteiger partial charge in [0.2, 0.25) is 0 Å². The Labute approximate surface area is 167 Å². The van der Waals surface area contributed by atoms with Gasteiger partial charge in [0.25, 0.3) is 0 Å². The van der Waals surface area contributed by atoms with Crippen LogP contribution in [0.15, 0.2) is 73.3 Å². The summed E-state index contributed by atoms with van der Waals surface area (Å²) >= 11 is 0. The summed E-state index contributed by atoms with van der Waals surface area (Å²) in [6.07, 6.45) is 8.67.